The molecule has 1 aromatic rings. The maximum Gasteiger partial charge on any atom is 0.239 e. The van der Waals surface area contributed by atoms with E-state index in [-0.39, 0.29) is 10.5 Å². The molecule has 0 spiro atoms. The Labute approximate surface area is 90.5 Å². The molecule has 0 bridgehead atoms. The Morgan fingerprint density at radius 2 is 2.14 bits per heavy atom. The number of nitrogens with two attached hydrogens (primary N) is 1. The van der Waals surface area contributed by atoms with Crippen LogP contribution in [0.2, 0.25) is 0 Å². The van der Waals surface area contributed by atoms with Crippen molar-refractivity contribution in [1.82, 2.24) is 0 Å². The molecule has 0 fully saturated rings. The lowest BCUT2D eigenvalue weighted by atomic mass is 10.1. The van der Waals surface area contributed by atoms with Crippen molar-refractivity contribution < 1.29 is 8.42 Å². The number of primary sulfonamides is 1. The standard InChI is InChI=1S/C8H7BrN2O2S/c9-4-6-2-1-3-7(5-10)8(6)14(11,12)13/h1-3H,4H2,(H2,11,12,13). The molecule has 6 heteroatoms. The van der Waals surface area contributed by atoms with Gasteiger partial charge in [-0.3, -0.25) is 0 Å². The number of hydrogen-bond acceptors (Lipinski definition) is 3. The van der Waals surface area contributed by atoms with Crippen molar-refractivity contribution in [3.05, 3.63) is 29.3 Å². The van der Waals surface area contributed by atoms with Crippen molar-refractivity contribution in [3.63, 3.8) is 0 Å². The highest BCUT2D eigenvalue weighted by Crippen LogP contribution is 2.20. The van der Waals surface area contributed by atoms with E-state index in [1.165, 1.54) is 6.07 Å². The van der Waals surface area contributed by atoms with Gasteiger partial charge in [-0.25, -0.2) is 13.6 Å². The maximum absolute atomic E-state index is 11.2. The number of halogens is 1. The van der Waals surface area contributed by atoms with Crippen LogP contribution in [0.4, 0.5) is 0 Å². The van der Waals surface area contributed by atoms with Crippen molar-refractivity contribution in [2.45, 2.75) is 10.2 Å². The van der Waals surface area contributed by atoms with E-state index in [9.17, 15) is 8.42 Å². The zero-order chi connectivity index (χ0) is 10.8. The lowest BCUT2D eigenvalue weighted by Crippen LogP contribution is -2.15. The molecule has 0 saturated heterocycles. The molecule has 1 rings (SSSR count). The predicted octanol–water partition coefficient (Wildman–Crippen LogP) is 1.10. The largest absolute Gasteiger partial charge is 0.239 e. The Bertz CT molecular complexity index is 491. The molecule has 0 aliphatic rings. The Kier molecular flexibility index (Phi) is 3.26. The maximum atomic E-state index is 11.2. The first-order valence-corrected chi connectivity index (χ1v) is 6.28. The third kappa shape index (κ3) is 2.12. The van der Waals surface area contributed by atoms with Crippen LogP contribution in [0.5, 0.6) is 0 Å². The Morgan fingerprint density at radius 1 is 1.50 bits per heavy atom. The fourth-order valence-electron chi connectivity index (χ4n) is 1.11. The van der Waals surface area contributed by atoms with E-state index >= 15 is 0 Å². The van der Waals surface area contributed by atoms with E-state index < -0.39 is 10.0 Å². The third-order valence-electron chi connectivity index (χ3n) is 1.65. The van der Waals surface area contributed by atoms with Gasteiger partial charge in [-0.15, -0.1) is 0 Å². The summed E-state index contributed by atoms with van der Waals surface area (Å²) < 4.78 is 22.4. The normalized spacial score (nSPS) is 10.9. The van der Waals surface area contributed by atoms with Crippen LogP contribution in [-0.4, -0.2) is 8.42 Å². The number of alkyl halides is 1. The first-order chi connectivity index (χ1) is 6.50. The summed E-state index contributed by atoms with van der Waals surface area (Å²) in [6.07, 6.45) is 0. The van der Waals surface area contributed by atoms with Crippen LogP contribution in [0.25, 0.3) is 0 Å². The predicted molar refractivity (Wildman–Crippen MR) is 55.2 cm³/mol. The molecule has 0 saturated carbocycles. The highest BCUT2D eigenvalue weighted by molar-refractivity contribution is 9.08. The Balaban J connectivity index is 3.61. The summed E-state index contributed by atoms with van der Waals surface area (Å²) in [5.74, 6) is 0. The van der Waals surface area contributed by atoms with Crippen molar-refractivity contribution in [2.75, 3.05) is 0 Å². The third-order valence-corrected chi connectivity index (χ3v) is 3.30. The van der Waals surface area contributed by atoms with Gasteiger partial charge in [0.25, 0.3) is 0 Å². The van der Waals surface area contributed by atoms with Gasteiger partial charge < -0.3 is 0 Å². The summed E-state index contributed by atoms with van der Waals surface area (Å²) in [6, 6.07) is 6.44. The second-order valence-corrected chi connectivity index (χ2v) is 4.64. The zero-order valence-electron chi connectivity index (χ0n) is 7.07. The summed E-state index contributed by atoms with van der Waals surface area (Å²) in [6.45, 7) is 0. The van der Waals surface area contributed by atoms with Gasteiger partial charge in [0, 0.05) is 5.33 Å². The molecule has 0 unspecified atom stereocenters. The number of nitrogens with zero attached hydrogens (tertiary/aromatic N) is 1. The molecular weight excluding hydrogens is 268 g/mol. The number of hydrogen-bond donors (Lipinski definition) is 1. The van der Waals surface area contributed by atoms with Gasteiger partial charge in [-0.05, 0) is 11.6 Å². The summed E-state index contributed by atoms with van der Waals surface area (Å²) in [5, 5.41) is 14.1. The van der Waals surface area contributed by atoms with Crippen molar-refractivity contribution >= 4 is 26.0 Å². The van der Waals surface area contributed by atoms with Crippen LogP contribution in [-0.2, 0) is 15.4 Å². The van der Waals surface area contributed by atoms with E-state index in [0.29, 0.717) is 10.9 Å². The van der Waals surface area contributed by atoms with Gasteiger partial charge in [-0.2, -0.15) is 5.26 Å². The molecule has 1 aromatic carbocycles. The molecular formula is C8H7BrN2O2S. The average molecular weight is 275 g/mol. The summed E-state index contributed by atoms with van der Waals surface area (Å²) in [5.41, 5.74) is 0.566. The van der Waals surface area contributed by atoms with Gasteiger partial charge in [0.1, 0.15) is 11.0 Å². The monoisotopic (exact) mass is 274 g/mol. The van der Waals surface area contributed by atoms with E-state index in [4.69, 9.17) is 10.4 Å². The van der Waals surface area contributed by atoms with Gasteiger partial charge in [0.2, 0.25) is 10.0 Å². The summed E-state index contributed by atoms with van der Waals surface area (Å²) in [4.78, 5) is -0.0978. The van der Waals surface area contributed by atoms with Crippen LogP contribution >= 0.6 is 15.9 Å². The summed E-state index contributed by atoms with van der Waals surface area (Å²) >= 11 is 3.13. The van der Waals surface area contributed by atoms with Crippen LogP contribution in [0, 0.1) is 11.3 Å². The van der Waals surface area contributed by atoms with Gasteiger partial charge >= 0.3 is 0 Å². The molecule has 0 heterocycles. The van der Waals surface area contributed by atoms with E-state index in [1.807, 2.05) is 0 Å². The fraction of sp³-hybridized carbons (Fsp3) is 0.125. The number of nitriles is 1. The molecule has 0 atom stereocenters. The average Bonchev–Trinajstić information content (AvgIpc) is 2.15. The molecule has 0 aromatic heterocycles. The van der Waals surface area contributed by atoms with Crippen molar-refractivity contribution in [2.24, 2.45) is 5.14 Å². The minimum atomic E-state index is -3.84. The van der Waals surface area contributed by atoms with E-state index in [2.05, 4.69) is 15.9 Å². The minimum Gasteiger partial charge on any atom is -0.225 e. The SMILES string of the molecule is N#Cc1cccc(CBr)c1S(N)(=O)=O. The van der Waals surface area contributed by atoms with E-state index in [1.54, 1.807) is 18.2 Å². The van der Waals surface area contributed by atoms with Crippen LogP contribution in [0.3, 0.4) is 0 Å². The van der Waals surface area contributed by atoms with Crippen LogP contribution in [0.1, 0.15) is 11.1 Å². The topological polar surface area (TPSA) is 83.9 Å². The first-order valence-electron chi connectivity index (χ1n) is 3.61. The van der Waals surface area contributed by atoms with Crippen molar-refractivity contribution in [3.8, 4) is 6.07 Å². The molecule has 0 amide bonds. The van der Waals surface area contributed by atoms with Gasteiger partial charge in [-0.1, -0.05) is 28.1 Å². The molecule has 0 radical (unpaired) electrons. The van der Waals surface area contributed by atoms with E-state index in [0.717, 1.165) is 0 Å². The molecule has 14 heavy (non-hydrogen) atoms. The molecule has 74 valence electrons. The van der Waals surface area contributed by atoms with Crippen LogP contribution < -0.4 is 5.14 Å². The quantitative estimate of drug-likeness (QED) is 0.820. The zero-order valence-corrected chi connectivity index (χ0v) is 9.47. The molecule has 2 N–H and O–H groups in total. The Morgan fingerprint density at radius 3 is 2.57 bits per heavy atom. The van der Waals surface area contributed by atoms with Gasteiger partial charge in [0.15, 0.2) is 0 Å². The molecule has 4 nitrogen and oxygen atoms in total. The lowest BCUT2D eigenvalue weighted by Gasteiger charge is -2.05. The first kappa shape index (κ1) is 11.2. The number of rotatable bonds is 2. The summed E-state index contributed by atoms with van der Waals surface area (Å²) in [7, 11) is -3.84. The molecule has 0 aliphatic heterocycles. The smallest absolute Gasteiger partial charge is 0.225 e. The highest BCUT2D eigenvalue weighted by Gasteiger charge is 2.17. The number of sulfonamides is 1. The number of benzene rings is 1. The van der Waals surface area contributed by atoms with Gasteiger partial charge in [0.05, 0.1) is 5.56 Å². The highest BCUT2D eigenvalue weighted by atomic mass is 79.9. The molecule has 0 aliphatic carbocycles. The Hall–Kier alpha value is -0.900. The fourth-order valence-corrected chi connectivity index (χ4v) is 2.69. The van der Waals surface area contributed by atoms with Crippen molar-refractivity contribution in [1.29, 1.82) is 5.26 Å². The lowest BCUT2D eigenvalue weighted by molar-refractivity contribution is 0.597. The second-order valence-electron chi connectivity index (χ2n) is 2.58. The second kappa shape index (κ2) is 4.09. The minimum absolute atomic E-state index is 0.0736. The van der Waals surface area contributed by atoms with Crippen LogP contribution in [0.15, 0.2) is 23.1 Å².